The second-order valence-electron chi connectivity index (χ2n) is 8.22. The van der Waals surface area contributed by atoms with Crippen LogP contribution >= 0.6 is 27.5 Å². The topological polar surface area (TPSA) is 86.8 Å². The van der Waals surface area contributed by atoms with Crippen LogP contribution in [0.25, 0.3) is 0 Å². The van der Waals surface area contributed by atoms with Gasteiger partial charge < -0.3 is 10.2 Å². The molecule has 33 heavy (non-hydrogen) atoms. The maximum Gasteiger partial charge on any atom is 0.244 e. The first-order valence-corrected chi connectivity index (χ1v) is 13.4. The summed E-state index contributed by atoms with van der Waals surface area (Å²) < 4.78 is 26.8. The van der Waals surface area contributed by atoms with Gasteiger partial charge in [-0.15, -0.1) is 0 Å². The minimum atomic E-state index is -3.77. The maximum absolute atomic E-state index is 13.4. The molecule has 1 atom stereocenters. The molecule has 0 aromatic heterocycles. The van der Waals surface area contributed by atoms with Crippen LogP contribution in [-0.4, -0.2) is 50.5 Å². The molecule has 0 radical (unpaired) electrons. The number of hydrogen-bond acceptors (Lipinski definition) is 4. The molecule has 180 valence electrons. The lowest BCUT2D eigenvalue weighted by atomic mass is 10.1. The summed E-state index contributed by atoms with van der Waals surface area (Å²) in [5.41, 5.74) is 1.08. The van der Waals surface area contributed by atoms with Crippen LogP contribution in [0.2, 0.25) is 5.02 Å². The second kappa shape index (κ2) is 11.9. The molecule has 2 amide bonds. The highest BCUT2D eigenvalue weighted by atomic mass is 79.9. The number of carbonyl (C=O) groups is 2. The molecule has 0 fully saturated rings. The Labute approximate surface area is 209 Å². The molecule has 2 aromatic carbocycles. The first-order valence-electron chi connectivity index (χ1n) is 10.4. The molecule has 0 aliphatic rings. The molecule has 10 heteroatoms. The lowest BCUT2D eigenvalue weighted by Crippen LogP contribution is -2.51. The van der Waals surface area contributed by atoms with Crippen LogP contribution < -0.4 is 9.62 Å². The molecule has 0 bridgehead atoms. The number of carbonyl (C=O) groups excluding carboxylic acids is 2. The van der Waals surface area contributed by atoms with Gasteiger partial charge in [0.2, 0.25) is 21.8 Å². The van der Waals surface area contributed by atoms with Crippen molar-refractivity contribution in [3.05, 3.63) is 63.6 Å². The summed E-state index contributed by atoms with van der Waals surface area (Å²) in [6, 6.07) is 12.8. The molecule has 7 nitrogen and oxygen atoms in total. The van der Waals surface area contributed by atoms with Gasteiger partial charge in [0, 0.05) is 22.6 Å². The number of benzene rings is 2. The zero-order chi connectivity index (χ0) is 24.8. The van der Waals surface area contributed by atoms with Crippen molar-refractivity contribution < 1.29 is 18.0 Å². The smallest absolute Gasteiger partial charge is 0.244 e. The van der Waals surface area contributed by atoms with E-state index in [0.29, 0.717) is 21.7 Å². The quantitative estimate of drug-likeness (QED) is 0.477. The Morgan fingerprint density at radius 2 is 1.76 bits per heavy atom. The van der Waals surface area contributed by atoms with Crippen LogP contribution in [0.5, 0.6) is 0 Å². The fourth-order valence-electron chi connectivity index (χ4n) is 3.11. The number of hydrogen-bond donors (Lipinski definition) is 1. The molecule has 0 saturated carbocycles. The molecule has 2 aromatic rings. The zero-order valence-electron chi connectivity index (χ0n) is 19.1. The van der Waals surface area contributed by atoms with E-state index < -0.39 is 28.5 Å². The number of nitrogens with zero attached hydrogens (tertiary/aromatic N) is 2. The predicted molar refractivity (Wildman–Crippen MR) is 136 cm³/mol. The van der Waals surface area contributed by atoms with Gasteiger partial charge in [0.15, 0.2) is 0 Å². The Bertz CT molecular complexity index is 1090. The summed E-state index contributed by atoms with van der Waals surface area (Å²) in [7, 11) is -3.77. The van der Waals surface area contributed by atoms with Crippen molar-refractivity contribution in [2.75, 3.05) is 23.7 Å². The van der Waals surface area contributed by atoms with Crippen molar-refractivity contribution in [3.8, 4) is 0 Å². The SMILES string of the molecule is CC(C)CNC(=O)[C@H](C)N(Cc1cccc(Cl)c1)C(=O)CN(c1cccc(Br)c1)S(C)(=O)=O. The van der Waals surface area contributed by atoms with Gasteiger partial charge in [0.25, 0.3) is 0 Å². The fourth-order valence-corrected chi connectivity index (χ4v) is 4.55. The predicted octanol–water partition coefficient (Wildman–Crippen LogP) is 4.06. The van der Waals surface area contributed by atoms with Crippen LogP contribution in [-0.2, 0) is 26.2 Å². The summed E-state index contributed by atoms with van der Waals surface area (Å²) >= 11 is 9.43. The van der Waals surface area contributed by atoms with E-state index in [1.54, 1.807) is 55.5 Å². The Morgan fingerprint density at radius 3 is 2.33 bits per heavy atom. The molecule has 0 aliphatic heterocycles. The van der Waals surface area contributed by atoms with E-state index in [1.807, 2.05) is 13.8 Å². The number of rotatable bonds is 10. The van der Waals surface area contributed by atoms with Crippen molar-refractivity contribution in [1.29, 1.82) is 0 Å². The largest absolute Gasteiger partial charge is 0.354 e. The van der Waals surface area contributed by atoms with Gasteiger partial charge in [0.1, 0.15) is 12.6 Å². The van der Waals surface area contributed by atoms with E-state index in [9.17, 15) is 18.0 Å². The summed E-state index contributed by atoms with van der Waals surface area (Å²) in [5.74, 6) is -0.574. The van der Waals surface area contributed by atoms with E-state index in [-0.39, 0.29) is 18.4 Å². The molecule has 0 saturated heterocycles. The number of nitrogens with one attached hydrogen (secondary N) is 1. The fraction of sp³-hybridized carbons (Fsp3) is 0.391. The van der Waals surface area contributed by atoms with Crippen molar-refractivity contribution >= 4 is 55.1 Å². The zero-order valence-corrected chi connectivity index (χ0v) is 22.2. The third kappa shape index (κ3) is 8.32. The van der Waals surface area contributed by atoms with Crippen LogP contribution in [0.4, 0.5) is 5.69 Å². The molecular formula is C23H29BrClN3O4S. The highest BCUT2D eigenvalue weighted by molar-refractivity contribution is 9.10. The number of sulfonamides is 1. The Kier molecular flexibility index (Phi) is 9.75. The lowest BCUT2D eigenvalue weighted by Gasteiger charge is -2.31. The number of amides is 2. The standard InChI is InChI=1S/C23H29BrClN3O4S/c1-16(2)13-26-23(30)17(3)27(14-18-7-5-9-20(25)11-18)22(29)15-28(33(4,31)32)21-10-6-8-19(24)12-21/h5-12,16-17H,13-15H2,1-4H3,(H,26,30)/t17-/m0/s1. The Balaban J connectivity index is 2.36. The van der Waals surface area contributed by atoms with Gasteiger partial charge in [-0.25, -0.2) is 8.42 Å². The van der Waals surface area contributed by atoms with E-state index >= 15 is 0 Å². The molecule has 0 unspecified atom stereocenters. The first-order chi connectivity index (χ1) is 15.4. The summed E-state index contributed by atoms with van der Waals surface area (Å²) in [6.45, 7) is 5.70. The third-order valence-electron chi connectivity index (χ3n) is 4.87. The highest BCUT2D eigenvalue weighted by Crippen LogP contribution is 2.23. The van der Waals surface area contributed by atoms with E-state index in [2.05, 4.69) is 21.2 Å². The summed E-state index contributed by atoms with van der Waals surface area (Å²) in [6.07, 6.45) is 1.04. The maximum atomic E-state index is 13.4. The van der Waals surface area contributed by atoms with Gasteiger partial charge in [0.05, 0.1) is 11.9 Å². The molecule has 0 aliphatic carbocycles. The average Bonchev–Trinajstić information content (AvgIpc) is 2.72. The molecule has 0 heterocycles. The Hall–Kier alpha value is -2.10. The number of halogens is 2. The summed E-state index contributed by atoms with van der Waals surface area (Å²) in [5, 5.41) is 3.34. The van der Waals surface area contributed by atoms with Crippen molar-refractivity contribution in [2.45, 2.75) is 33.4 Å². The van der Waals surface area contributed by atoms with Crippen molar-refractivity contribution in [1.82, 2.24) is 10.2 Å². The average molecular weight is 559 g/mol. The van der Waals surface area contributed by atoms with Gasteiger partial charge in [-0.05, 0) is 48.7 Å². The molecule has 2 rings (SSSR count). The van der Waals surface area contributed by atoms with Crippen LogP contribution in [0.15, 0.2) is 53.0 Å². The molecule has 1 N–H and O–H groups in total. The van der Waals surface area contributed by atoms with Gasteiger partial charge in [-0.1, -0.05) is 59.6 Å². The van der Waals surface area contributed by atoms with Gasteiger partial charge in [-0.3, -0.25) is 13.9 Å². The van der Waals surface area contributed by atoms with Crippen molar-refractivity contribution in [3.63, 3.8) is 0 Å². The highest BCUT2D eigenvalue weighted by Gasteiger charge is 2.30. The van der Waals surface area contributed by atoms with Gasteiger partial charge >= 0.3 is 0 Å². The first kappa shape index (κ1) is 27.1. The third-order valence-corrected chi connectivity index (χ3v) is 6.74. The molecule has 0 spiro atoms. The van der Waals surface area contributed by atoms with Crippen LogP contribution in [0, 0.1) is 5.92 Å². The normalized spacial score (nSPS) is 12.3. The Morgan fingerprint density at radius 1 is 1.09 bits per heavy atom. The minimum Gasteiger partial charge on any atom is -0.354 e. The summed E-state index contributed by atoms with van der Waals surface area (Å²) in [4.78, 5) is 27.6. The van der Waals surface area contributed by atoms with E-state index in [4.69, 9.17) is 11.6 Å². The van der Waals surface area contributed by atoms with Crippen LogP contribution in [0.3, 0.4) is 0 Å². The van der Waals surface area contributed by atoms with E-state index in [0.717, 1.165) is 16.1 Å². The van der Waals surface area contributed by atoms with Gasteiger partial charge in [-0.2, -0.15) is 0 Å². The van der Waals surface area contributed by atoms with E-state index in [1.165, 1.54) is 4.90 Å². The van der Waals surface area contributed by atoms with Crippen molar-refractivity contribution in [2.24, 2.45) is 5.92 Å². The van der Waals surface area contributed by atoms with Crippen LogP contribution in [0.1, 0.15) is 26.3 Å². The minimum absolute atomic E-state index is 0.103. The molecular weight excluding hydrogens is 530 g/mol. The lowest BCUT2D eigenvalue weighted by molar-refractivity contribution is -0.139. The number of anilines is 1. The monoisotopic (exact) mass is 557 g/mol. The second-order valence-corrected chi connectivity index (χ2v) is 11.5.